The topological polar surface area (TPSA) is 54.6 Å². The Morgan fingerprint density at radius 1 is 1.62 bits per heavy atom. The summed E-state index contributed by atoms with van der Waals surface area (Å²) >= 11 is 5.80. The zero-order valence-corrected chi connectivity index (χ0v) is 7.19. The lowest BCUT2D eigenvalue weighted by atomic mass is 10.3. The van der Waals surface area contributed by atoms with Crippen LogP contribution in [0.2, 0.25) is 5.02 Å². The SMILES string of the molecule is O=C(O)c1cc(Cl)c2nccn2c1. The van der Waals surface area contributed by atoms with Gasteiger partial charge in [-0.15, -0.1) is 0 Å². The fraction of sp³-hybridized carbons (Fsp3) is 0. The van der Waals surface area contributed by atoms with Crippen LogP contribution in [0.5, 0.6) is 0 Å². The van der Waals surface area contributed by atoms with Crippen LogP contribution in [0.1, 0.15) is 10.4 Å². The first-order valence-corrected chi connectivity index (χ1v) is 3.92. The molecule has 13 heavy (non-hydrogen) atoms. The van der Waals surface area contributed by atoms with Gasteiger partial charge in [0.05, 0.1) is 10.6 Å². The lowest BCUT2D eigenvalue weighted by molar-refractivity contribution is 0.0696. The Balaban J connectivity index is 2.77. The van der Waals surface area contributed by atoms with Crippen molar-refractivity contribution in [1.29, 1.82) is 0 Å². The van der Waals surface area contributed by atoms with Gasteiger partial charge in [-0.25, -0.2) is 9.78 Å². The third-order valence-corrected chi connectivity index (χ3v) is 1.97. The van der Waals surface area contributed by atoms with Crippen LogP contribution in [0, 0.1) is 0 Å². The number of aromatic carboxylic acids is 1. The number of hydrogen-bond donors (Lipinski definition) is 1. The van der Waals surface area contributed by atoms with E-state index in [0.29, 0.717) is 10.7 Å². The molecule has 2 aromatic rings. The first-order chi connectivity index (χ1) is 6.18. The number of fused-ring (bicyclic) bond motifs is 1. The molecule has 0 atom stereocenters. The molecule has 0 amide bonds. The van der Waals surface area contributed by atoms with Crippen LogP contribution in [0.25, 0.3) is 5.65 Å². The summed E-state index contributed by atoms with van der Waals surface area (Å²) in [5.74, 6) is -1.00. The van der Waals surface area contributed by atoms with Gasteiger partial charge in [-0.2, -0.15) is 0 Å². The van der Waals surface area contributed by atoms with Gasteiger partial charge in [-0.05, 0) is 6.07 Å². The Labute approximate surface area is 78.4 Å². The van der Waals surface area contributed by atoms with E-state index < -0.39 is 5.97 Å². The minimum Gasteiger partial charge on any atom is -0.478 e. The molecule has 0 aliphatic carbocycles. The molecule has 0 bridgehead atoms. The highest BCUT2D eigenvalue weighted by Crippen LogP contribution is 2.17. The number of nitrogens with zero attached hydrogens (tertiary/aromatic N) is 2. The average Bonchev–Trinajstić information content (AvgIpc) is 2.51. The van der Waals surface area contributed by atoms with Crippen LogP contribution in [-0.2, 0) is 0 Å². The maximum atomic E-state index is 10.6. The normalized spacial score (nSPS) is 10.5. The Bertz CT molecular complexity index is 478. The molecule has 0 spiro atoms. The van der Waals surface area contributed by atoms with Gasteiger partial charge in [0.15, 0.2) is 5.65 Å². The summed E-state index contributed by atoms with van der Waals surface area (Å²) in [7, 11) is 0. The van der Waals surface area contributed by atoms with Crippen molar-refractivity contribution in [3.05, 3.63) is 35.2 Å². The molecule has 2 rings (SSSR count). The van der Waals surface area contributed by atoms with Crippen molar-refractivity contribution in [1.82, 2.24) is 9.38 Å². The van der Waals surface area contributed by atoms with E-state index in [1.54, 1.807) is 16.8 Å². The first kappa shape index (κ1) is 8.07. The lowest BCUT2D eigenvalue weighted by Crippen LogP contribution is -1.98. The number of imidazole rings is 1. The van der Waals surface area contributed by atoms with Gasteiger partial charge in [-0.1, -0.05) is 11.6 Å². The fourth-order valence-corrected chi connectivity index (χ4v) is 1.37. The largest absolute Gasteiger partial charge is 0.478 e. The standard InChI is InChI=1S/C8H5ClN2O2/c9-6-3-5(8(12)13)4-11-2-1-10-7(6)11/h1-4H,(H,12,13). The van der Waals surface area contributed by atoms with E-state index >= 15 is 0 Å². The monoisotopic (exact) mass is 196 g/mol. The molecule has 0 fully saturated rings. The van der Waals surface area contributed by atoms with E-state index in [0.717, 1.165) is 0 Å². The predicted octanol–water partition coefficient (Wildman–Crippen LogP) is 1.69. The number of rotatable bonds is 1. The number of pyridine rings is 1. The van der Waals surface area contributed by atoms with Crippen LogP contribution >= 0.6 is 11.6 Å². The van der Waals surface area contributed by atoms with Crippen molar-refractivity contribution >= 4 is 23.2 Å². The smallest absolute Gasteiger partial charge is 0.337 e. The Kier molecular flexibility index (Phi) is 1.70. The summed E-state index contributed by atoms with van der Waals surface area (Å²) in [4.78, 5) is 14.6. The maximum Gasteiger partial charge on any atom is 0.337 e. The molecule has 0 saturated carbocycles. The van der Waals surface area contributed by atoms with Gasteiger partial charge in [0.2, 0.25) is 0 Å². The van der Waals surface area contributed by atoms with Crippen molar-refractivity contribution in [3.63, 3.8) is 0 Å². The molecule has 66 valence electrons. The van der Waals surface area contributed by atoms with Crippen LogP contribution in [0.4, 0.5) is 0 Å². The number of hydrogen-bond acceptors (Lipinski definition) is 2. The van der Waals surface area contributed by atoms with Gasteiger partial charge >= 0.3 is 5.97 Å². The first-order valence-electron chi connectivity index (χ1n) is 3.54. The number of carboxylic acids is 1. The molecule has 0 aromatic carbocycles. The molecule has 1 N–H and O–H groups in total. The molecular formula is C8H5ClN2O2. The second-order valence-electron chi connectivity index (χ2n) is 2.54. The van der Waals surface area contributed by atoms with Crippen LogP contribution in [0.3, 0.4) is 0 Å². The minimum absolute atomic E-state index is 0.149. The van der Waals surface area contributed by atoms with Crippen LogP contribution < -0.4 is 0 Å². The molecular weight excluding hydrogens is 192 g/mol. The predicted molar refractivity (Wildman–Crippen MR) is 47.2 cm³/mol. The zero-order valence-electron chi connectivity index (χ0n) is 6.44. The quantitative estimate of drug-likeness (QED) is 0.755. The average molecular weight is 197 g/mol. The lowest BCUT2D eigenvalue weighted by Gasteiger charge is -1.98. The molecule has 0 unspecified atom stereocenters. The van der Waals surface area contributed by atoms with Gasteiger partial charge in [0.1, 0.15) is 0 Å². The second-order valence-corrected chi connectivity index (χ2v) is 2.95. The van der Waals surface area contributed by atoms with E-state index in [-0.39, 0.29) is 5.56 Å². The zero-order chi connectivity index (χ0) is 9.42. The van der Waals surface area contributed by atoms with E-state index in [9.17, 15) is 4.79 Å². The van der Waals surface area contributed by atoms with Gasteiger partial charge < -0.3 is 9.51 Å². The molecule has 4 nitrogen and oxygen atoms in total. The second kappa shape index (κ2) is 2.74. The highest BCUT2D eigenvalue weighted by atomic mass is 35.5. The summed E-state index contributed by atoms with van der Waals surface area (Å²) in [6.07, 6.45) is 4.68. The molecule has 0 aliphatic heterocycles. The van der Waals surface area contributed by atoms with E-state index in [4.69, 9.17) is 16.7 Å². The van der Waals surface area contributed by atoms with Crippen molar-refractivity contribution in [2.45, 2.75) is 0 Å². The number of carboxylic acid groups (broad SMARTS) is 1. The van der Waals surface area contributed by atoms with E-state index in [1.807, 2.05) is 0 Å². The van der Waals surface area contributed by atoms with Crippen molar-refractivity contribution < 1.29 is 9.90 Å². The molecule has 5 heteroatoms. The number of halogens is 1. The van der Waals surface area contributed by atoms with Crippen LogP contribution in [-0.4, -0.2) is 20.5 Å². The van der Waals surface area contributed by atoms with Gasteiger partial charge in [0, 0.05) is 18.6 Å². The third kappa shape index (κ3) is 1.25. The highest BCUT2D eigenvalue weighted by Gasteiger charge is 2.07. The fourth-order valence-electron chi connectivity index (χ4n) is 1.11. The van der Waals surface area contributed by atoms with Crippen molar-refractivity contribution in [3.8, 4) is 0 Å². The minimum atomic E-state index is -1.00. The summed E-state index contributed by atoms with van der Waals surface area (Å²) in [6, 6.07) is 1.38. The van der Waals surface area contributed by atoms with Crippen molar-refractivity contribution in [2.75, 3.05) is 0 Å². The van der Waals surface area contributed by atoms with E-state index in [2.05, 4.69) is 4.98 Å². The molecule has 0 saturated heterocycles. The molecule has 2 aromatic heterocycles. The Morgan fingerprint density at radius 2 is 2.38 bits per heavy atom. The highest BCUT2D eigenvalue weighted by molar-refractivity contribution is 6.33. The van der Waals surface area contributed by atoms with E-state index in [1.165, 1.54) is 12.3 Å². The third-order valence-electron chi connectivity index (χ3n) is 1.69. The molecule has 0 aliphatic rings. The van der Waals surface area contributed by atoms with Gasteiger partial charge in [-0.3, -0.25) is 0 Å². The molecule has 0 radical (unpaired) electrons. The number of aromatic nitrogens is 2. The van der Waals surface area contributed by atoms with Crippen molar-refractivity contribution in [2.24, 2.45) is 0 Å². The Morgan fingerprint density at radius 3 is 3.08 bits per heavy atom. The van der Waals surface area contributed by atoms with Crippen LogP contribution in [0.15, 0.2) is 24.7 Å². The Hall–Kier alpha value is -1.55. The maximum absolute atomic E-state index is 10.6. The summed E-state index contributed by atoms with van der Waals surface area (Å²) in [5, 5.41) is 9.05. The summed E-state index contributed by atoms with van der Waals surface area (Å²) in [5.41, 5.74) is 0.710. The molecule has 2 heterocycles. The summed E-state index contributed by atoms with van der Waals surface area (Å²) < 4.78 is 1.58. The van der Waals surface area contributed by atoms with Gasteiger partial charge in [0.25, 0.3) is 0 Å². The number of carbonyl (C=O) groups is 1. The summed E-state index contributed by atoms with van der Waals surface area (Å²) in [6.45, 7) is 0.